The van der Waals surface area contributed by atoms with Crippen LogP contribution < -0.4 is 4.72 Å². The van der Waals surface area contributed by atoms with E-state index in [4.69, 9.17) is 5.11 Å². The Morgan fingerprint density at radius 1 is 1.30 bits per heavy atom. The van der Waals surface area contributed by atoms with Crippen LogP contribution in [0.25, 0.3) is 0 Å². The third-order valence-electron chi connectivity index (χ3n) is 2.93. The molecule has 0 aliphatic rings. The smallest absolute Gasteiger partial charge is 0.335 e. The molecule has 0 amide bonds. The molecule has 6 heteroatoms. The van der Waals surface area contributed by atoms with Crippen LogP contribution in [0.5, 0.6) is 0 Å². The van der Waals surface area contributed by atoms with Gasteiger partial charge in [0.05, 0.1) is 10.5 Å². The van der Waals surface area contributed by atoms with E-state index in [0.29, 0.717) is 11.5 Å². The van der Waals surface area contributed by atoms with Gasteiger partial charge in [-0.15, -0.1) is 0 Å². The minimum Gasteiger partial charge on any atom is -0.478 e. The predicted molar refractivity (Wildman–Crippen MR) is 77.4 cm³/mol. The molecule has 1 rings (SSSR count). The van der Waals surface area contributed by atoms with Crippen LogP contribution in [0.1, 0.15) is 43.1 Å². The van der Waals surface area contributed by atoms with Gasteiger partial charge in [-0.2, -0.15) is 0 Å². The van der Waals surface area contributed by atoms with Crippen molar-refractivity contribution >= 4 is 16.0 Å². The van der Waals surface area contributed by atoms with E-state index in [-0.39, 0.29) is 16.5 Å². The second-order valence-corrected chi connectivity index (χ2v) is 7.15. The average molecular weight is 299 g/mol. The predicted octanol–water partition coefficient (Wildman–Crippen LogP) is 2.41. The number of aromatic carboxylic acids is 1. The standard InChI is InChI=1S/C14H21NO4S/c1-9(2)7-11(4)15-20(18,19)12-6-5-10(3)13(8-12)14(16)17/h5-6,8-9,11,15H,7H2,1-4H3,(H,16,17). The lowest BCUT2D eigenvalue weighted by molar-refractivity contribution is 0.0696. The van der Waals surface area contributed by atoms with Crippen LogP contribution in [0.4, 0.5) is 0 Å². The van der Waals surface area contributed by atoms with Gasteiger partial charge in [0, 0.05) is 6.04 Å². The molecule has 0 bridgehead atoms. The number of hydrogen-bond donors (Lipinski definition) is 2. The monoisotopic (exact) mass is 299 g/mol. The minimum atomic E-state index is -3.69. The van der Waals surface area contributed by atoms with E-state index in [9.17, 15) is 13.2 Å². The van der Waals surface area contributed by atoms with Crippen LogP contribution in [0.2, 0.25) is 0 Å². The number of carboxylic acids is 1. The Kier molecular flexibility index (Phi) is 5.30. The first-order valence-electron chi connectivity index (χ1n) is 6.49. The van der Waals surface area contributed by atoms with E-state index in [1.54, 1.807) is 13.8 Å². The van der Waals surface area contributed by atoms with E-state index in [1.807, 2.05) is 13.8 Å². The van der Waals surface area contributed by atoms with Crippen LogP contribution >= 0.6 is 0 Å². The highest BCUT2D eigenvalue weighted by atomic mass is 32.2. The van der Waals surface area contributed by atoms with Crippen molar-refractivity contribution in [1.82, 2.24) is 4.72 Å². The highest BCUT2D eigenvalue weighted by Crippen LogP contribution is 2.17. The van der Waals surface area contributed by atoms with Crippen molar-refractivity contribution in [2.24, 2.45) is 5.92 Å². The Morgan fingerprint density at radius 3 is 2.40 bits per heavy atom. The van der Waals surface area contributed by atoms with Crippen molar-refractivity contribution in [3.63, 3.8) is 0 Å². The quantitative estimate of drug-likeness (QED) is 0.845. The molecule has 1 unspecified atom stereocenters. The number of rotatable bonds is 6. The number of nitrogens with one attached hydrogen (secondary N) is 1. The summed E-state index contributed by atoms with van der Waals surface area (Å²) in [5.74, 6) is -0.755. The molecule has 0 heterocycles. The fraction of sp³-hybridized carbons (Fsp3) is 0.500. The van der Waals surface area contributed by atoms with Crippen LogP contribution in [0.3, 0.4) is 0 Å². The zero-order chi connectivity index (χ0) is 15.5. The maximum atomic E-state index is 12.2. The maximum Gasteiger partial charge on any atom is 0.335 e. The Labute approximate surface area is 120 Å². The maximum absolute atomic E-state index is 12.2. The SMILES string of the molecule is Cc1ccc(S(=O)(=O)NC(C)CC(C)C)cc1C(=O)O. The molecule has 0 aromatic heterocycles. The third kappa shape index (κ3) is 4.31. The second-order valence-electron chi connectivity index (χ2n) is 5.43. The summed E-state index contributed by atoms with van der Waals surface area (Å²) >= 11 is 0. The number of carbonyl (C=O) groups is 1. The van der Waals surface area contributed by atoms with Crippen molar-refractivity contribution in [2.75, 3.05) is 0 Å². The summed E-state index contributed by atoms with van der Waals surface area (Å²) in [7, 11) is -3.69. The van der Waals surface area contributed by atoms with E-state index in [2.05, 4.69) is 4.72 Å². The van der Waals surface area contributed by atoms with Crippen molar-refractivity contribution in [3.8, 4) is 0 Å². The highest BCUT2D eigenvalue weighted by molar-refractivity contribution is 7.89. The normalized spacial score (nSPS) is 13.4. The molecule has 0 spiro atoms. The molecule has 20 heavy (non-hydrogen) atoms. The highest BCUT2D eigenvalue weighted by Gasteiger charge is 2.20. The lowest BCUT2D eigenvalue weighted by Crippen LogP contribution is -2.33. The number of aryl methyl sites for hydroxylation is 1. The molecule has 1 atom stereocenters. The first-order valence-corrected chi connectivity index (χ1v) is 7.98. The van der Waals surface area contributed by atoms with Gasteiger partial charge in [0.25, 0.3) is 0 Å². The fourth-order valence-electron chi connectivity index (χ4n) is 2.09. The number of sulfonamides is 1. The van der Waals surface area contributed by atoms with Crippen molar-refractivity contribution in [1.29, 1.82) is 0 Å². The molecular formula is C14H21NO4S. The molecule has 5 nitrogen and oxygen atoms in total. The number of carboxylic acid groups (broad SMARTS) is 1. The lowest BCUT2D eigenvalue weighted by Gasteiger charge is -2.16. The zero-order valence-electron chi connectivity index (χ0n) is 12.2. The van der Waals surface area contributed by atoms with Gasteiger partial charge >= 0.3 is 5.97 Å². The molecule has 0 aliphatic heterocycles. The molecule has 2 N–H and O–H groups in total. The minimum absolute atomic E-state index is 0.00406. The molecule has 0 fully saturated rings. The van der Waals surface area contributed by atoms with Crippen molar-refractivity contribution in [2.45, 2.75) is 45.1 Å². The van der Waals surface area contributed by atoms with Crippen LogP contribution in [0, 0.1) is 12.8 Å². The summed E-state index contributed by atoms with van der Waals surface area (Å²) in [6.07, 6.45) is 0.719. The molecule has 0 radical (unpaired) electrons. The van der Waals surface area contributed by atoms with Gasteiger partial charge < -0.3 is 5.11 Å². The van der Waals surface area contributed by atoms with E-state index >= 15 is 0 Å². The van der Waals surface area contributed by atoms with Gasteiger partial charge in [-0.3, -0.25) is 0 Å². The molecular weight excluding hydrogens is 278 g/mol. The summed E-state index contributed by atoms with van der Waals surface area (Å²) in [6.45, 7) is 7.46. The van der Waals surface area contributed by atoms with Crippen molar-refractivity contribution in [3.05, 3.63) is 29.3 Å². The lowest BCUT2D eigenvalue weighted by atomic mass is 10.1. The zero-order valence-corrected chi connectivity index (χ0v) is 13.0. The number of benzene rings is 1. The summed E-state index contributed by atoms with van der Waals surface area (Å²) < 4.78 is 27.0. The van der Waals surface area contributed by atoms with Gasteiger partial charge in [0.1, 0.15) is 0 Å². The second kappa shape index (κ2) is 6.37. The topological polar surface area (TPSA) is 83.5 Å². The third-order valence-corrected chi connectivity index (χ3v) is 4.52. The average Bonchev–Trinajstić information content (AvgIpc) is 2.26. The van der Waals surface area contributed by atoms with E-state index < -0.39 is 16.0 Å². The Hall–Kier alpha value is -1.40. The first-order chi connectivity index (χ1) is 9.13. The molecule has 0 saturated carbocycles. The fourth-order valence-corrected chi connectivity index (χ4v) is 3.37. The van der Waals surface area contributed by atoms with Crippen LogP contribution in [-0.4, -0.2) is 25.5 Å². The molecule has 0 saturated heterocycles. The van der Waals surface area contributed by atoms with Gasteiger partial charge in [0.15, 0.2) is 0 Å². The molecule has 0 aliphatic carbocycles. The molecule has 1 aromatic carbocycles. The van der Waals surface area contributed by atoms with E-state index in [0.717, 1.165) is 6.42 Å². The summed E-state index contributed by atoms with van der Waals surface area (Å²) in [5, 5.41) is 9.04. The van der Waals surface area contributed by atoms with Crippen LogP contribution in [-0.2, 0) is 10.0 Å². The summed E-state index contributed by atoms with van der Waals surface area (Å²) in [6, 6.07) is 3.92. The Balaban J connectivity index is 3.04. The van der Waals surface area contributed by atoms with Gasteiger partial charge in [-0.05, 0) is 43.9 Å². The Morgan fingerprint density at radius 2 is 1.90 bits per heavy atom. The molecule has 1 aromatic rings. The summed E-state index contributed by atoms with van der Waals surface area (Å²) in [4.78, 5) is 11.0. The van der Waals surface area contributed by atoms with Crippen molar-refractivity contribution < 1.29 is 18.3 Å². The van der Waals surface area contributed by atoms with E-state index in [1.165, 1.54) is 18.2 Å². The van der Waals surface area contributed by atoms with Crippen LogP contribution in [0.15, 0.2) is 23.1 Å². The first kappa shape index (κ1) is 16.7. The summed E-state index contributed by atoms with van der Waals surface area (Å²) in [5.41, 5.74) is 0.538. The number of hydrogen-bond acceptors (Lipinski definition) is 3. The van der Waals surface area contributed by atoms with Gasteiger partial charge in [-0.25, -0.2) is 17.9 Å². The largest absolute Gasteiger partial charge is 0.478 e. The molecule has 112 valence electrons. The van der Waals surface area contributed by atoms with Gasteiger partial charge in [0.2, 0.25) is 10.0 Å². The van der Waals surface area contributed by atoms with Gasteiger partial charge in [-0.1, -0.05) is 19.9 Å². The Bertz CT molecular complexity index is 593.